The molecular formula is C21H22N4O4S. The summed E-state index contributed by atoms with van der Waals surface area (Å²) in [5.74, 6) is -0.282. The first-order chi connectivity index (χ1) is 14.2. The third-order valence-corrected chi connectivity index (χ3v) is 6.45. The fourth-order valence-corrected chi connectivity index (χ4v) is 4.93. The first-order valence-electron chi connectivity index (χ1n) is 9.52. The Morgan fingerprint density at radius 3 is 2.43 bits per heavy atom. The van der Waals surface area contributed by atoms with Crippen LogP contribution in [0.2, 0.25) is 0 Å². The summed E-state index contributed by atoms with van der Waals surface area (Å²) < 4.78 is 31.8. The Labute approximate surface area is 174 Å². The summed E-state index contributed by atoms with van der Waals surface area (Å²) in [6.45, 7) is 3.79. The quantitative estimate of drug-likeness (QED) is 0.655. The van der Waals surface area contributed by atoms with E-state index in [1.165, 1.54) is 16.8 Å². The number of rotatable bonds is 5. The molecule has 3 aromatic rings. The first kappa shape index (κ1) is 20.0. The molecular weight excluding hydrogens is 404 g/mol. The Kier molecular flexibility index (Phi) is 4.77. The highest BCUT2D eigenvalue weighted by Gasteiger charge is 2.27. The molecule has 0 spiro atoms. The van der Waals surface area contributed by atoms with E-state index in [1.807, 2.05) is 32.0 Å². The summed E-state index contributed by atoms with van der Waals surface area (Å²) in [6, 6.07) is 13.5. The van der Waals surface area contributed by atoms with Crippen LogP contribution in [0.3, 0.4) is 0 Å². The lowest BCUT2D eigenvalue weighted by Gasteiger charge is -2.13. The maximum Gasteiger partial charge on any atom is 0.296 e. The molecule has 1 aliphatic heterocycles. The molecule has 2 N–H and O–H groups in total. The lowest BCUT2D eigenvalue weighted by Crippen LogP contribution is -2.23. The standard InChI is InChI=1S/C21H22N4O4S/c1-13(2)20-19(21(27)25(24(20)3)15-7-5-4-6-8-15)23-30(28,29)16-9-10-17-14(11-16)12-18(26)22-17/h4-11,13,23H,12H2,1-3H3,(H,22,26). The van der Waals surface area contributed by atoms with Crippen LogP contribution >= 0.6 is 0 Å². The number of fused-ring (bicyclic) bond motifs is 1. The van der Waals surface area contributed by atoms with Crippen LogP contribution in [0.15, 0.2) is 58.2 Å². The highest BCUT2D eigenvalue weighted by molar-refractivity contribution is 7.92. The predicted octanol–water partition coefficient (Wildman–Crippen LogP) is 2.59. The second kappa shape index (κ2) is 7.17. The molecule has 0 saturated carbocycles. The van der Waals surface area contributed by atoms with Crippen molar-refractivity contribution in [3.05, 3.63) is 70.1 Å². The maximum atomic E-state index is 13.2. The smallest absolute Gasteiger partial charge is 0.296 e. The molecule has 4 rings (SSSR count). The summed E-state index contributed by atoms with van der Waals surface area (Å²) in [4.78, 5) is 24.8. The predicted molar refractivity (Wildman–Crippen MR) is 115 cm³/mol. The van der Waals surface area contributed by atoms with Crippen LogP contribution in [0, 0.1) is 0 Å². The monoisotopic (exact) mass is 426 g/mol. The van der Waals surface area contributed by atoms with Gasteiger partial charge in [0.2, 0.25) is 5.91 Å². The van der Waals surface area contributed by atoms with Crippen LogP contribution in [-0.4, -0.2) is 23.7 Å². The number of benzene rings is 2. The van der Waals surface area contributed by atoms with Crippen LogP contribution in [-0.2, 0) is 28.3 Å². The molecule has 0 bridgehead atoms. The van der Waals surface area contributed by atoms with E-state index in [0.29, 0.717) is 22.6 Å². The van der Waals surface area contributed by atoms with Crippen LogP contribution in [0.4, 0.5) is 11.4 Å². The minimum atomic E-state index is -4.03. The number of hydrogen-bond acceptors (Lipinski definition) is 4. The molecule has 0 unspecified atom stereocenters. The van der Waals surface area contributed by atoms with Crippen molar-refractivity contribution < 1.29 is 13.2 Å². The first-order valence-corrected chi connectivity index (χ1v) is 11.0. The van der Waals surface area contributed by atoms with E-state index in [-0.39, 0.29) is 28.8 Å². The second-order valence-electron chi connectivity index (χ2n) is 7.54. The second-order valence-corrected chi connectivity index (χ2v) is 9.22. The van der Waals surface area contributed by atoms with Crippen molar-refractivity contribution in [2.75, 3.05) is 10.0 Å². The lowest BCUT2D eigenvalue weighted by atomic mass is 10.1. The fraction of sp³-hybridized carbons (Fsp3) is 0.238. The van der Waals surface area contributed by atoms with Crippen molar-refractivity contribution in [3.63, 3.8) is 0 Å². The third-order valence-electron chi connectivity index (χ3n) is 5.11. The van der Waals surface area contributed by atoms with Crippen molar-refractivity contribution in [1.29, 1.82) is 0 Å². The molecule has 8 nitrogen and oxygen atoms in total. The van der Waals surface area contributed by atoms with Gasteiger partial charge in [0.1, 0.15) is 5.69 Å². The molecule has 156 valence electrons. The molecule has 1 aliphatic rings. The molecule has 9 heteroatoms. The van der Waals surface area contributed by atoms with E-state index in [4.69, 9.17) is 0 Å². The van der Waals surface area contributed by atoms with Crippen molar-refractivity contribution in [3.8, 4) is 5.69 Å². The number of carbonyl (C=O) groups is 1. The Hall–Kier alpha value is -3.33. The van der Waals surface area contributed by atoms with Gasteiger partial charge in [-0.25, -0.2) is 13.1 Å². The topological polar surface area (TPSA) is 102 Å². The third kappa shape index (κ3) is 3.30. The summed E-state index contributed by atoms with van der Waals surface area (Å²) >= 11 is 0. The molecule has 1 amide bonds. The van der Waals surface area contributed by atoms with Gasteiger partial charge in [0.25, 0.3) is 15.6 Å². The number of nitrogens with zero attached hydrogens (tertiary/aromatic N) is 2. The molecule has 0 aliphatic carbocycles. The summed E-state index contributed by atoms with van der Waals surface area (Å²) in [5.41, 5.74) is 2.00. The number of aromatic nitrogens is 2. The molecule has 0 atom stereocenters. The summed E-state index contributed by atoms with van der Waals surface area (Å²) in [5, 5.41) is 2.68. The SMILES string of the molecule is CC(C)c1c(NS(=O)(=O)c2ccc3c(c2)CC(=O)N3)c(=O)n(-c2ccccc2)n1C. The molecule has 30 heavy (non-hydrogen) atoms. The molecule has 2 aromatic carbocycles. The Morgan fingerprint density at radius 2 is 1.77 bits per heavy atom. The van der Waals surface area contributed by atoms with Gasteiger partial charge >= 0.3 is 0 Å². The minimum Gasteiger partial charge on any atom is -0.326 e. The van der Waals surface area contributed by atoms with E-state index in [9.17, 15) is 18.0 Å². The molecule has 2 heterocycles. The number of anilines is 2. The van der Waals surface area contributed by atoms with Gasteiger partial charge in [0.15, 0.2) is 0 Å². The van der Waals surface area contributed by atoms with Crippen LogP contribution in [0.5, 0.6) is 0 Å². The van der Waals surface area contributed by atoms with Gasteiger partial charge in [-0.2, -0.15) is 0 Å². The highest BCUT2D eigenvalue weighted by Crippen LogP contribution is 2.29. The Morgan fingerprint density at radius 1 is 1.07 bits per heavy atom. The number of para-hydroxylation sites is 1. The van der Waals surface area contributed by atoms with Crippen molar-refractivity contribution in [2.45, 2.75) is 31.1 Å². The average Bonchev–Trinajstić information content (AvgIpc) is 3.17. The van der Waals surface area contributed by atoms with Crippen LogP contribution in [0.25, 0.3) is 5.69 Å². The Balaban J connectivity index is 1.81. The van der Waals surface area contributed by atoms with Gasteiger partial charge in [-0.3, -0.25) is 19.0 Å². The van der Waals surface area contributed by atoms with Gasteiger partial charge in [0, 0.05) is 12.7 Å². The zero-order chi connectivity index (χ0) is 21.6. The molecule has 0 radical (unpaired) electrons. The van der Waals surface area contributed by atoms with Gasteiger partial charge < -0.3 is 5.32 Å². The molecule has 1 aromatic heterocycles. The van der Waals surface area contributed by atoms with Crippen LogP contribution in [0.1, 0.15) is 31.0 Å². The number of carbonyl (C=O) groups excluding carboxylic acids is 1. The van der Waals surface area contributed by atoms with E-state index in [2.05, 4.69) is 10.0 Å². The van der Waals surface area contributed by atoms with Gasteiger partial charge in [-0.15, -0.1) is 0 Å². The van der Waals surface area contributed by atoms with Crippen molar-refractivity contribution in [1.82, 2.24) is 9.36 Å². The fourth-order valence-electron chi connectivity index (χ4n) is 3.81. The summed E-state index contributed by atoms with van der Waals surface area (Å²) in [6.07, 6.45) is 0.127. The minimum absolute atomic E-state index is 0.00182. The van der Waals surface area contributed by atoms with Crippen molar-refractivity contribution >= 4 is 27.3 Å². The van der Waals surface area contributed by atoms with Crippen molar-refractivity contribution in [2.24, 2.45) is 7.05 Å². The number of nitrogens with one attached hydrogen (secondary N) is 2. The summed E-state index contributed by atoms with van der Waals surface area (Å²) in [7, 11) is -2.30. The molecule has 0 saturated heterocycles. The number of hydrogen-bond donors (Lipinski definition) is 2. The zero-order valence-electron chi connectivity index (χ0n) is 16.8. The zero-order valence-corrected chi connectivity index (χ0v) is 17.7. The molecule has 0 fully saturated rings. The highest BCUT2D eigenvalue weighted by atomic mass is 32.2. The van der Waals surface area contributed by atoms with E-state index in [0.717, 1.165) is 0 Å². The lowest BCUT2D eigenvalue weighted by molar-refractivity contribution is -0.115. The largest absolute Gasteiger partial charge is 0.326 e. The Bertz CT molecular complexity index is 1300. The van der Waals surface area contributed by atoms with Gasteiger partial charge in [0.05, 0.1) is 22.7 Å². The number of sulfonamides is 1. The maximum absolute atomic E-state index is 13.2. The van der Waals surface area contributed by atoms with Gasteiger partial charge in [-0.1, -0.05) is 32.0 Å². The van der Waals surface area contributed by atoms with E-state index >= 15 is 0 Å². The van der Waals surface area contributed by atoms with E-state index < -0.39 is 15.6 Å². The normalized spacial score (nSPS) is 13.4. The van der Waals surface area contributed by atoms with Crippen LogP contribution < -0.4 is 15.6 Å². The van der Waals surface area contributed by atoms with E-state index in [1.54, 1.807) is 29.9 Å². The number of amides is 1. The van der Waals surface area contributed by atoms with Gasteiger partial charge in [-0.05, 0) is 41.8 Å². The average molecular weight is 426 g/mol.